The summed E-state index contributed by atoms with van der Waals surface area (Å²) in [6, 6.07) is 16.0. The quantitative estimate of drug-likeness (QED) is 0.608. The number of fused-ring (bicyclic) bond motifs is 1. The van der Waals surface area contributed by atoms with Gasteiger partial charge in [-0.05, 0) is 50.3 Å². The van der Waals surface area contributed by atoms with Crippen LogP contribution in [0.4, 0.5) is 4.79 Å². The fourth-order valence-electron chi connectivity index (χ4n) is 4.30. The molecule has 5 rings (SSSR count). The lowest BCUT2D eigenvalue weighted by molar-refractivity contribution is -0.106. The van der Waals surface area contributed by atoms with Crippen LogP contribution in [-0.2, 0) is 4.84 Å². The summed E-state index contributed by atoms with van der Waals surface area (Å²) in [6.07, 6.45) is 3.11. The van der Waals surface area contributed by atoms with Gasteiger partial charge in [-0.25, -0.2) is 15.2 Å². The number of nitrogens with zero attached hydrogens (tertiary/aromatic N) is 2. The molecule has 154 valence electrons. The van der Waals surface area contributed by atoms with E-state index < -0.39 is 11.8 Å². The lowest BCUT2D eigenvalue weighted by atomic mass is 10.1. The molecule has 2 aromatic carbocycles. The molecule has 3 aromatic rings. The molecular weight excluding hydrogens is 398 g/mol. The Morgan fingerprint density at radius 2 is 1.87 bits per heavy atom. The van der Waals surface area contributed by atoms with E-state index in [1.54, 1.807) is 5.01 Å². The van der Waals surface area contributed by atoms with E-state index in [4.69, 9.17) is 9.57 Å². The van der Waals surface area contributed by atoms with E-state index in [2.05, 4.69) is 28.8 Å². The Morgan fingerprint density at radius 1 is 1.13 bits per heavy atom. The Hall–Kier alpha value is -3.06. The zero-order valence-electron chi connectivity index (χ0n) is 17.0. The van der Waals surface area contributed by atoms with Crippen molar-refractivity contribution in [3.8, 4) is 5.06 Å². The number of ether oxygens (including phenoxy) is 1. The van der Waals surface area contributed by atoms with Crippen LogP contribution >= 0.6 is 11.3 Å². The largest absolute Gasteiger partial charge is 0.432 e. The summed E-state index contributed by atoms with van der Waals surface area (Å²) in [4.78, 5) is 18.7. The van der Waals surface area contributed by atoms with Crippen molar-refractivity contribution in [1.29, 1.82) is 0 Å². The average molecular weight is 422 g/mol. The van der Waals surface area contributed by atoms with Crippen LogP contribution in [0.1, 0.15) is 42.4 Å². The number of nitrogens with one attached hydrogen (secondary N) is 1. The first-order valence-corrected chi connectivity index (χ1v) is 11.0. The number of rotatable bonds is 3. The molecule has 1 amide bonds. The summed E-state index contributed by atoms with van der Waals surface area (Å²) >= 11 is 1.45. The summed E-state index contributed by atoms with van der Waals surface area (Å²) < 4.78 is 6.69. The first-order valence-electron chi connectivity index (χ1n) is 10.1. The average Bonchev–Trinajstić information content (AvgIpc) is 3.41. The summed E-state index contributed by atoms with van der Waals surface area (Å²) in [7, 11) is 0. The van der Waals surface area contributed by atoms with Crippen molar-refractivity contribution < 1.29 is 14.4 Å². The number of hydrogen-bond donors (Lipinski definition) is 1. The molecule has 1 spiro atoms. The van der Waals surface area contributed by atoms with Crippen molar-refractivity contribution in [3.05, 3.63) is 65.2 Å². The molecule has 7 heteroatoms. The highest BCUT2D eigenvalue weighted by molar-refractivity contribution is 7.20. The van der Waals surface area contributed by atoms with Gasteiger partial charge in [0.2, 0.25) is 5.72 Å². The maximum absolute atomic E-state index is 12.8. The van der Waals surface area contributed by atoms with Crippen LogP contribution in [0.5, 0.6) is 5.06 Å². The number of thiophene rings is 1. The third-order valence-corrected chi connectivity index (χ3v) is 6.58. The summed E-state index contributed by atoms with van der Waals surface area (Å²) in [6.45, 7) is 4.09. The van der Waals surface area contributed by atoms with E-state index >= 15 is 0 Å². The summed E-state index contributed by atoms with van der Waals surface area (Å²) in [5.41, 5.74) is 5.45. The maximum Gasteiger partial charge on any atom is 0.432 e. The molecule has 1 aromatic heterocycles. The number of benzene rings is 2. The summed E-state index contributed by atoms with van der Waals surface area (Å²) in [5, 5.41) is 7.75. The molecule has 0 unspecified atom stereocenters. The number of carbonyl (C=O) groups excluding carboxylic acids is 1. The van der Waals surface area contributed by atoms with Gasteiger partial charge in [-0.2, -0.15) is 0 Å². The van der Waals surface area contributed by atoms with Crippen LogP contribution in [0.25, 0.3) is 10.1 Å². The highest BCUT2D eigenvalue weighted by Gasteiger charge is 2.50. The van der Waals surface area contributed by atoms with Gasteiger partial charge in [-0.15, -0.1) is 0 Å². The molecule has 30 heavy (non-hydrogen) atoms. The highest BCUT2D eigenvalue weighted by Crippen LogP contribution is 2.40. The molecule has 2 heterocycles. The van der Waals surface area contributed by atoms with Crippen molar-refractivity contribution in [2.24, 2.45) is 5.16 Å². The van der Waals surface area contributed by atoms with E-state index in [0.717, 1.165) is 52.5 Å². The molecular formula is C23H23N3O3S. The molecule has 1 saturated carbocycles. The SMILES string of the molecule is Cc1cc(C)cc(C2=NOC3(CCCC3)N2NC(=O)Oc2cc3ccccc3s2)c1. The normalized spacial score (nSPS) is 17.3. The number of amides is 1. The van der Waals surface area contributed by atoms with E-state index in [1.165, 1.54) is 11.3 Å². The minimum Gasteiger partial charge on any atom is -0.398 e. The van der Waals surface area contributed by atoms with E-state index in [-0.39, 0.29) is 0 Å². The topological polar surface area (TPSA) is 63.2 Å². The standard InChI is InChI=1S/C23H23N3O3S/c1-15-11-16(2)13-18(12-15)21-25-29-23(9-5-6-10-23)26(21)24-22(27)28-20-14-17-7-3-4-8-19(17)30-20/h3-4,7-8,11-14H,5-6,9-10H2,1-2H3,(H,24,27). The number of hydrazine groups is 1. The number of carbonyl (C=O) groups is 1. The molecule has 1 fully saturated rings. The van der Waals surface area contributed by atoms with E-state index in [0.29, 0.717) is 10.9 Å². The Kier molecular flexibility index (Phi) is 4.62. The number of amidine groups is 1. The fourth-order valence-corrected chi connectivity index (χ4v) is 5.21. The van der Waals surface area contributed by atoms with Gasteiger partial charge in [0.05, 0.1) is 0 Å². The van der Waals surface area contributed by atoms with Crippen molar-refractivity contribution in [1.82, 2.24) is 10.4 Å². The van der Waals surface area contributed by atoms with Gasteiger partial charge >= 0.3 is 6.09 Å². The van der Waals surface area contributed by atoms with Gasteiger partial charge in [-0.3, -0.25) is 0 Å². The van der Waals surface area contributed by atoms with Crippen molar-refractivity contribution >= 4 is 33.4 Å². The summed E-state index contributed by atoms with van der Waals surface area (Å²) in [5.74, 6) is 0.608. The first kappa shape index (κ1) is 18.9. The van der Waals surface area contributed by atoms with E-state index in [1.807, 2.05) is 44.2 Å². The van der Waals surface area contributed by atoms with Gasteiger partial charge < -0.3 is 9.57 Å². The molecule has 2 aliphatic rings. The van der Waals surface area contributed by atoms with Crippen LogP contribution in [0.2, 0.25) is 0 Å². The van der Waals surface area contributed by atoms with E-state index in [9.17, 15) is 4.79 Å². The molecule has 0 atom stereocenters. The minimum absolute atomic E-state index is 0.546. The third kappa shape index (κ3) is 3.39. The van der Waals surface area contributed by atoms with Gasteiger partial charge in [0.25, 0.3) is 0 Å². The molecule has 1 aliphatic carbocycles. The predicted molar refractivity (Wildman–Crippen MR) is 118 cm³/mol. The Balaban J connectivity index is 1.41. The van der Waals surface area contributed by atoms with Crippen LogP contribution in [-0.4, -0.2) is 22.7 Å². The third-order valence-electron chi connectivity index (χ3n) is 5.59. The fraction of sp³-hybridized carbons (Fsp3) is 0.304. The Bertz CT molecular complexity index is 1090. The van der Waals surface area contributed by atoms with Gasteiger partial charge in [0.1, 0.15) is 0 Å². The lowest BCUT2D eigenvalue weighted by Gasteiger charge is -2.33. The number of aryl methyl sites for hydroxylation is 2. The van der Waals surface area contributed by atoms with Gasteiger partial charge in [0.15, 0.2) is 10.9 Å². The first-order chi connectivity index (χ1) is 14.5. The van der Waals surface area contributed by atoms with Crippen LogP contribution in [0.15, 0.2) is 53.7 Å². The number of hydrogen-bond acceptors (Lipinski definition) is 6. The van der Waals surface area contributed by atoms with Crippen LogP contribution in [0.3, 0.4) is 0 Å². The second-order valence-electron chi connectivity index (χ2n) is 7.98. The highest BCUT2D eigenvalue weighted by atomic mass is 32.1. The maximum atomic E-state index is 12.8. The van der Waals surface area contributed by atoms with Crippen molar-refractivity contribution in [3.63, 3.8) is 0 Å². The molecule has 6 nitrogen and oxygen atoms in total. The Morgan fingerprint density at radius 3 is 2.60 bits per heavy atom. The lowest BCUT2D eigenvalue weighted by Crippen LogP contribution is -2.57. The monoisotopic (exact) mass is 421 g/mol. The molecule has 0 bridgehead atoms. The van der Waals surface area contributed by atoms with Crippen molar-refractivity contribution in [2.75, 3.05) is 0 Å². The predicted octanol–water partition coefficient (Wildman–Crippen LogP) is 5.49. The second-order valence-corrected chi connectivity index (χ2v) is 9.02. The van der Waals surface area contributed by atoms with Crippen molar-refractivity contribution in [2.45, 2.75) is 45.3 Å². The molecule has 0 saturated heterocycles. The molecule has 1 aliphatic heterocycles. The molecule has 0 radical (unpaired) electrons. The smallest absolute Gasteiger partial charge is 0.398 e. The minimum atomic E-state index is -0.647. The number of oxime groups is 1. The zero-order chi connectivity index (χ0) is 20.7. The second kappa shape index (κ2) is 7.32. The van der Waals surface area contributed by atoms with Gasteiger partial charge in [-0.1, -0.05) is 51.9 Å². The zero-order valence-corrected chi connectivity index (χ0v) is 17.8. The van der Waals surface area contributed by atoms with Gasteiger partial charge in [0, 0.05) is 29.2 Å². The van der Waals surface area contributed by atoms with Crippen LogP contribution in [0, 0.1) is 13.8 Å². The van der Waals surface area contributed by atoms with Crippen LogP contribution < -0.4 is 10.2 Å². The Labute approximate surface area is 179 Å². The molecule has 1 N–H and O–H groups in total.